The van der Waals surface area contributed by atoms with E-state index in [1.807, 2.05) is 11.8 Å². The van der Waals surface area contributed by atoms with E-state index in [4.69, 9.17) is 15.2 Å². The number of methoxy groups -OCH3 is 1. The van der Waals surface area contributed by atoms with Gasteiger partial charge in [-0.25, -0.2) is 9.97 Å². The van der Waals surface area contributed by atoms with Crippen LogP contribution >= 0.6 is 11.8 Å². The van der Waals surface area contributed by atoms with Crippen molar-refractivity contribution in [1.29, 1.82) is 0 Å². The van der Waals surface area contributed by atoms with Crippen LogP contribution in [0.1, 0.15) is 29.9 Å². The van der Waals surface area contributed by atoms with Gasteiger partial charge in [-0.2, -0.15) is 11.8 Å². The molecule has 0 aliphatic carbocycles. The summed E-state index contributed by atoms with van der Waals surface area (Å²) < 4.78 is 11.1. The summed E-state index contributed by atoms with van der Waals surface area (Å²) in [5.41, 5.74) is 7.79. The number of thioether (sulfide) groups is 1. The minimum atomic E-state index is -0.422. The average molecular weight is 267 g/mol. The lowest BCUT2D eigenvalue weighted by molar-refractivity contribution is -0.1000. The zero-order chi connectivity index (χ0) is 12.6. The van der Waals surface area contributed by atoms with Crippen LogP contribution in [0.25, 0.3) is 0 Å². The lowest BCUT2D eigenvalue weighted by Crippen LogP contribution is -2.37. The fourth-order valence-corrected chi connectivity index (χ4v) is 3.55. The lowest BCUT2D eigenvalue weighted by atomic mass is 9.92. The second-order valence-electron chi connectivity index (χ2n) is 4.66. The fourth-order valence-electron chi connectivity index (χ4n) is 2.50. The number of nitrogen functional groups attached to an aromatic ring is 1. The van der Waals surface area contributed by atoms with Gasteiger partial charge < -0.3 is 15.2 Å². The molecule has 3 rings (SSSR count). The molecule has 0 amide bonds. The van der Waals surface area contributed by atoms with E-state index in [9.17, 15) is 0 Å². The van der Waals surface area contributed by atoms with Gasteiger partial charge in [0.05, 0.1) is 5.69 Å². The highest BCUT2D eigenvalue weighted by atomic mass is 32.2. The summed E-state index contributed by atoms with van der Waals surface area (Å²) in [5, 5.41) is 0. The molecule has 0 saturated carbocycles. The first kappa shape index (κ1) is 12.2. The molecule has 5 nitrogen and oxygen atoms in total. The van der Waals surface area contributed by atoms with Gasteiger partial charge in [0.2, 0.25) is 0 Å². The molecule has 1 fully saturated rings. The first-order valence-corrected chi connectivity index (χ1v) is 7.27. The Kier molecular flexibility index (Phi) is 3.17. The van der Waals surface area contributed by atoms with Crippen molar-refractivity contribution in [2.45, 2.75) is 29.9 Å². The topological polar surface area (TPSA) is 70.3 Å². The minimum absolute atomic E-state index is 0.422. The van der Waals surface area contributed by atoms with Crippen LogP contribution in [0.15, 0.2) is 0 Å². The van der Waals surface area contributed by atoms with Gasteiger partial charge >= 0.3 is 0 Å². The smallest absolute Gasteiger partial charge is 0.163 e. The largest absolute Gasteiger partial charge is 0.383 e. The number of hydrogen-bond donors (Lipinski definition) is 1. The van der Waals surface area contributed by atoms with Gasteiger partial charge in [-0.1, -0.05) is 0 Å². The van der Waals surface area contributed by atoms with E-state index in [1.54, 1.807) is 7.11 Å². The van der Waals surface area contributed by atoms with E-state index in [2.05, 4.69) is 9.97 Å². The van der Waals surface area contributed by atoms with Crippen LogP contribution in [-0.4, -0.2) is 30.3 Å². The molecule has 0 bridgehead atoms. The van der Waals surface area contributed by atoms with Crippen LogP contribution in [0.2, 0.25) is 0 Å². The summed E-state index contributed by atoms with van der Waals surface area (Å²) in [6.07, 6.45) is 1.57. The molecule has 1 saturated heterocycles. The van der Waals surface area contributed by atoms with Crippen molar-refractivity contribution in [3.05, 3.63) is 17.1 Å². The van der Waals surface area contributed by atoms with E-state index in [0.29, 0.717) is 19.0 Å². The molecular weight excluding hydrogens is 250 g/mol. The van der Waals surface area contributed by atoms with Crippen molar-refractivity contribution >= 4 is 17.6 Å². The second-order valence-corrected chi connectivity index (χ2v) is 5.65. The number of rotatable bonds is 2. The van der Waals surface area contributed by atoms with E-state index in [-0.39, 0.29) is 0 Å². The van der Waals surface area contributed by atoms with Crippen molar-refractivity contribution in [3.63, 3.8) is 0 Å². The molecule has 0 atom stereocenters. The number of aromatic nitrogens is 2. The Labute approximate surface area is 110 Å². The lowest BCUT2D eigenvalue weighted by Gasteiger charge is -2.34. The van der Waals surface area contributed by atoms with E-state index >= 15 is 0 Å². The number of fused-ring (bicyclic) bond motifs is 1. The molecule has 0 aromatic carbocycles. The third-order valence-corrected chi connectivity index (χ3v) is 4.68. The fraction of sp³-hybridized carbons (Fsp3) is 0.667. The Morgan fingerprint density at radius 1 is 1.28 bits per heavy atom. The molecule has 2 aliphatic rings. The maximum atomic E-state index is 6.04. The molecule has 3 heterocycles. The summed E-state index contributed by atoms with van der Waals surface area (Å²) in [7, 11) is 1.72. The molecule has 1 aromatic heterocycles. The molecule has 6 heteroatoms. The number of nitrogens with zero attached hydrogens (tertiary/aromatic N) is 2. The monoisotopic (exact) mass is 267 g/mol. The number of hydrogen-bond acceptors (Lipinski definition) is 6. The molecule has 1 aromatic rings. The van der Waals surface area contributed by atoms with Crippen molar-refractivity contribution in [2.75, 3.05) is 26.1 Å². The number of ether oxygens (including phenoxy) is 2. The zero-order valence-electron chi connectivity index (χ0n) is 10.4. The third kappa shape index (κ3) is 1.88. The molecule has 18 heavy (non-hydrogen) atoms. The van der Waals surface area contributed by atoms with E-state index in [0.717, 1.165) is 41.4 Å². The van der Waals surface area contributed by atoms with Gasteiger partial charge in [-0.15, -0.1) is 0 Å². The minimum Gasteiger partial charge on any atom is -0.383 e. The average Bonchev–Trinajstić information content (AvgIpc) is 2.88. The normalized spacial score (nSPS) is 21.8. The van der Waals surface area contributed by atoms with E-state index < -0.39 is 5.60 Å². The third-order valence-electron chi connectivity index (χ3n) is 3.71. The standard InChI is InChI=1S/C12H17N3O2S/c1-16-12(2-4-17-5-3-12)11-14-9-7-18-6-8(9)10(13)15-11/h2-7H2,1H3,(H2,13,14,15). The molecule has 0 unspecified atom stereocenters. The second kappa shape index (κ2) is 4.68. The van der Waals surface area contributed by atoms with E-state index in [1.165, 1.54) is 0 Å². The molecular formula is C12H17N3O2S. The Bertz CT molecular complexity index is 461. The van der Waals surface area contributed by atoms with Crippen LogP contribution in [0, 0.1) is 0 Å². The van der Waals surface area contributed by atoms with Crippen LogP contribution < -0.4 is 5.73 Å². The highest BCUT2D eigenvalue weighted by Gasteiger charge is 2.38. The van der Waals surface area contributed by atoms with Crippen molar-refractivity contribution in [2.24, 2.45) is 0 Å². The van der Waals surface area contributed by atoms with Crippen LogP contribution in [-0.2, 0) is 26.6 Å². The Hall–Kier alpha value is -0.850. The van der Waals surface area contributed by atoms with Gasteiger partial charge in [-0.05, 0) is 0 Å². The van der Waals surface area contributed by atoms with Crippen molar-refractivity contribution < 1.29 is 9.47 Å². The van der Waals surface area contributed by atoms with Crippen LogP contribution in [0.5, 0.6) is 0 Å². The highest BCUT2D eigenvalue weighted by molar-refractivity contribution is 7.98. The molecule has 0 radical (unpaired) electrons. The maximum absolute atomic E-state index is 6.04. The summed E-state index contributed by atoms with van der Waals surface area (Å²) in [6, 6.07) is 0. The maximum Gasteiger partial charge on any atom is 0.163 e. The van der Waals surface area contributed by atoms with Crippen molar-refractivity contribution in [3.8, 4) is 0 Å². The van der Waals surface area contributed by atoms with Gasteiger partial charge in [0.25, 0.3) is 0 Å². The Balaban J connectivity index is 2.02. The van der Waals surface area contributed by atoms with Crippen LogP contribution in [0.3, 0.4) is 0 Å². The first-order chi connectivity index (χ1) is 8.75. The Morgan fingerprint density at radius 2 is 2.06 bits per heavy atom. The summed E-state index contributed by atoms with van der Waals surface area (Å²) in [6.45, 7) is 1.37. The molecule has 0 spiro atoms. The SMILES string of the molecule is COC1(c2nc(N)c3c(n2)CSC3)CCOCC1. The van der Waals surface area contributed by atoms with Crippen molar-refractivity contribution in [1.82, 2.24) is 9.97 Å². The quantitative estimate of drug-likeness (QED) is 0.874. The summed E-state index contributed by atoms with van der Waals surface area (Å²) in [5.74, 6) is 3.19. The zero-order valence-corrected chi connectivity index (χ0v) is 11.3. The van der Waals surface area contributed by atoms with Crippen LogP contribution in [0.4, 0.5) is 5.82 Å². The van der Waals surface area contributed by atoms with Gasteiger partial charge in [-0.3, -0.25) is 0 Å². The molecule has 98 valence electrons. The molecule has 2 aliphatic heterocycles. The van der Waals surface area contributed by atoms with Gasteiger partial charge in [0, 0.05) is 50.2 Å². The first-order valence-electron chi connectivity index (χ1n) is 6.11. The number of anilines is 1. The van der Waals surface area contributed by atoms with Gasteiger partial charge in [0.15, 0.2) is 5.82 Å². The van der Waals surface area contributed by atoms with Gasteiger partial charge in [0.1, 0.15) is 11.4 Å². The predicted molar refractivity (Wildman–Crippen MR) is 70.2 cm³/mol. The number of nitrogens with two attached hydrogens (primary N) is 1. The predicted octanol–water partition coefficient (Wildman–Crippen LogP) is 1.46. The molecule has 2 N–H and O–H groups in total. The highest BCUT2D eigenvalue weighted by Crippen LogP contribution is 2.37. The summed E-state index contributed by atoms with van der Waals surface area (Å²) >= 11 is 1.83. The summed E-state index contributed by atoms with van der Waals surface area (Å²) in [4.78, 5) is 9.17. The Morgan fingerprint density at radius 3 is 2.78 bits per heavy atom.